The molecule has 2 atom stereocenters. The minimum absolute atomic E-state index is 0.0418. The third-order valence-corrected chi connectivity index (χ3v) is 2.19. The van der Waals surface area contributed by atoms with E-state index < -0.39 is 11.4 Å². The smallest absolute Gasteiger partial charge is 0.318 e. The molecule has 0 heterocycles. The zero-order chi connectivity index (χ0) is 9.35. The fourth-order valence-electron chi connectivity index (χ4n) is 1.01. The third-order valence-electron chi connectivity index (χ3n) is 1.91. The fourth-order valence-corrected chi connectivity index (χ4v) is 1.15. The molecule has 1 rings (SSSR count). The maximum Gasteiger partial charge on any atom is 0.318 e. The van der Waals surface area contributed by atoms with Gasteiger partial charge in [-0.15, -0.1) is 0 Å². The Morgan fingerprint density at radius 1 is 1.75 bits per heavy atom. The quantitative estimate of drug-likeness (QED) is 0.750. The summed E-state index contributed by atoms with van der Waals surface area (Å²) in [5.41, 5.74) is 0. The van der Waals surface area contributed by atoms with E-state index in [2.05, 4.69) is 21.2 Å². The van der Waals surface area contributed by atoms with Crippen LogP contribution in [0.2, 0.25) is 0 Å². The van der Waals surface area contributed by atoms with E-state index in [0.29, 0.717) is 5.92 Å². The summed E-state index contributed by atoms with van der Waals surface area (Å²) in [6.07, 6.45) is 0.819. The average molecular weight is 242 g/mol. The van der Waals surface area contributed by atoms with Crippen LogP contribution in [0, 0.1) is 11.8 Å². The highest BCUT2D eigenvalue weighted by Crippen LogP contribution is 2.37. The van der Waals surface area contributed by atoms with Crippen molar-refractivity contribution in [3.05, 3.63) is 0 Å². The number of rotatable bonds is 3. The Labute approximate surface area is 77.8 Å². The Morgan fingerprint density at radius 2 is 2.25 bits per heavy atom. The van der Waals surface area contributed by atoms with Crippen molar-refractivity contribution in [2.75, 3.05) is 6.54 Å². The van der Waals surface area contributed by atoms with Crippen molar-refractivity contribution in [2.45, 2.75) is 18.2 Å². The molecule has 12 heavy (non-hydrogen) atoms. The Balaban J connectivity index is 2.20. The molecule has 1 aliphatic rings. The van der Waals surface area contributed by atoms with Crippen LogP contribution >= 0.6 is 15.9 Å². The molecule has 0 radical (unpaired) electrons. The largest absolute Gasteiger partial charge is 0.349 e. The number of nitrogens with one attached hydrogen (secondary N) is 1. The first-order valence-corrected chi connectivity index (χ1v) is 4.54. The van der Waals surface area contributed by atoms with Crippen molar-refractivity contribution >= 4 is 21.8 Å². The van der Waals surface area contributed by atoms with Gasteiger partial charge in [0, 0.05) is 5.92 Å². The topological polar surface area (TPSA) is 29.1 Å². The van der Waals surface area contributed by atoms with Gasteiger partial charge < -0.3 is 5.32 Å². The van der Waals surface area contributed by atoms with Gasteiger partial charge in [0.1, 0.15) is 0 Å². The van der Waals surface area contributed by atoms with E-state index in [1.165, 1.54) is 0 Å². The number of amides is 1. The van der Waals surface area contributed by atoms with E-state index in [4.69, 9.17) is 0 Å². The standard InChI is InChI=1S/C7H10BrF2NO/c1-4-2-5(4)6(12)11-3-7(8,9)10/h4-5H,2-3H2,1H3,(H,11,12)/t4-,5-/m0/s1. The molecule has 0 saturated heterocycles. The molecule has 0 aliphatic heterocycles. The SMILES string of the molecule is C[C@H]1C[C@@H]1C(=O)NCC(F)(F)Br. The van der Waals surface area contributed by atoms with Crippen molar-refractivity contribution in [3.63, 3.8) is 0 Å². The monoisotopic (exact) mass is 241 g/mol. The maximum absolute atomic E-state index is 12.2. The maximum atomic E-state index is 12.2. The molecule has 1 saturated carbocycles. The molecule has 0 bridgehead atoms. The van der Waals surface area contributed by atoms with Gasteiger partial charge in [0.25, 0.3) is 0 Å². The highest BCUT2D eigenvalue weighted by Gasteiger charge is 2.39. The molecule has 1 aliphatic carbocycles. The van der Waals surface area contributed by atoms with E-state index >= 15 is 0 Å². The van der Waals surface area contributed by atoms with Crippen LogP contribution in [0.4, 0.5) is 8.78 Å². The van der Waals surface area contributed by atoms with Crippen LogP contribution in [0.3, 0.4) is 0 Å². The molecule has 0 aromatic rings. The lowest BCUT2D eigenvalue weighted by Crippen LogP contribution is -2.34. The summed E-state index contributed by atoms with van der Waals surface area (Å²) >= 11 is 2.14. The molecular formula is C7H10BrF2NO. The van der Waals surface area contributed by atoms with Gasteiger partial charge in [-0.1, -0.05) is 6.92 Å². The molecule has 0 spiro atoms. The lowest BCUT2D eigenvalue weighted by atomic mass is 10.3. The summed E-state index contributed by atoms with van der Waals surface area (Å²) in [5, 5.41) is 2.18. The molecule has 0 unspecified atom stereocenters. The molecule has 0 aromatic heterocycles. The van der Waals surface area contributed by atoms with Gasteiger partial charge >= 0.3 is 4.83 Å². The van der Waals surface area contributed by atoms with E-state index in [1.807, 2.05) is 6.92 Å². The predicted octanol–water partition coefficient (Wildman–Crippen LogP) is 1.75. The fraction of sp³-hybridized carbons (Fsp3) is 0.857. The second-order valence-electron chi connectivity index (χ2n) is 3.15. The Bertz CT molecular complexity index is 192. The molecule has 2 nitrogen and oxygen atoms in total. The third kappa shape index (κ3) is 3.05. The number of halogens is 3. The highest BCUT2D eigenvalue weighted by molar-refractivity contribution is 9.10. The van der Waals surface area contributed by atoms with Gasteiger partial charge in [-0.2, -0.15) is 8.78 Å². The van der Waals surface area contributed by atoms with Crippen LogP contribution in [-0.4, -0.2) is 17.3 Å². The van der Waals surface area contributed by atoms with Crippen LogP contribution in [0.15, 0.2) is 0 Å². The van der Waals surface area contributed by atoms with Crippen molar-refractivity contribution in [1.29, 1.82) is 0 Å². The molecular weight excluding hydrogens is 232 g/mol. The van der Waals surface area contributed by atoms with Crippen LogP contribution in [-0.2, 0) is 4.79 Å². The normalized spacial score (nSPS) is 28.3. The Morgan fingerprint density at radius 3 is 2.58 bits per heavy atom. The van der Waals surface area contributed by atoms with E-state index in [-0.39, 0.29) is 11.8 Å². The van der Waals surface area contributed by atoms with E-state index in [1.54, 1.807) is 0 Å². The van der Waals surface area contributed by atoms with E-state index in [9.17, 15) is 13.6 Å². The summed E-state index contributed by atoms with van der Waals surface area (Å²) in [6, 6.07) is 0. The number of alkyl halides is 3. The summed E-state index contributed by atoms with van der Waals surface area (Å²) in [5.74, 6) is 0.0513. The zero-order valence-corrected chi connectivity index (χ0v) is 8.20. The van der Waals surface area contributed by atoms with Crippen LogP contribution in [0.5, 0.6) is 0 Å². The second-order valence-corrected chi connectivity index (χ2v) is 4.31. The van der Waals surface area contributed by atoms with Gasteiger partial charge in [0.15, 0.2) is 0 Å². The van der Waals surface area contributed by atoms with Crippen LogP contribution < -0.4 is 5.32 Å². The first-order valence-electron chi connectivity index (χ1n) is 3.74. The summed E-state index contributed by atoms with van der Waals surface area (Å²) in [7, 11) is 0. The van der Waals surface area contributed by atoms with Gasteiger partial charge in [-0.05, 0) is 28.3 Å². The minimum Gasteiger partial charge on any atom is -0.349 e. The van der Waals surface area contributed by atoms with Crippen molar-refractivity contribution in [3.8, 4) is 0 Å². The number of hydrogen-bond acceptors (Lipinski definition) is 1. The molecule has 0 aromatic carbocycles. The minimum atomic E-state index is -2.99. The van der Waals surface area contributed by atoms with Gasteiger partial charge in [-0.25, -0.2) is 0 Å². The summed E-state index contributed by atoms with van der Waals surface area (Å²) in [6.45, 7) is 1.30. The molecule has 1 fully saturated rings. The zero-order valence-electron chi connectivity index (χ0n) is 6.61. The first kappa shape index (κ1) is 9.89. The average Bonchev–Trinajstić information content (AvgIpc) is 2.60. The Hall–Kier alpha value is -0.190. The summed E-state index contributed by atoms with van der Waals surface area (Å²) < 4.78 is 24.3. The molecule has 5 heteroatoms. The highest BCUT2D eigenvalue weighted by atomic mass is 79.9. The lowest BCUT2D eigenvalue weighted by molar-refractivity contribution is -0.123. The van der Waals surface area contributed by atoms with Crippen molar-refractivity contribution < 1.29 is 13.6 Å². The van der Waals surface area contributed by atoms with Crippen molar-refractivity contribution in [1.82, 2.24) is 5.32 Å². The molecule has 70 valence electrons. The van der Waals surface area contributed by atoms with Crippen LogP contribution in [0.1, 0.15) is 13.3 Å². The van der Waals surface area contributed by atoms with Crippen LogP contribution in [0.25, 0.3) is 0 Å². The number of carbonyl (C=O) groups is 1. The van der Waals surface area contributed by atoms with Gasteiger partial charge in [-0.3, -0.25) is 4.79 Å². The second kappa shape index (κ2) is 3.28. The van der Waals surface area contributed by atoms with Crippen molar-refractivity contribution in [2.24, 2.45) is 11.8 Å². The van der Waals surface area contributed by atoms with E-state index in [0.717, 1.165) is 6.42 Å². The molecule has 1 amide bonds. The predicted molar refractivity (Wildman–Crippen MR) is 44.2 cm³/mol. The lowest BCUT2D eigenvalue weighted by Gasteiger charge is -2.08. The van der Waals surface area contributed by atoms with Gasteiger partial charge in [0.2, 0.25) is 5.91 Å². The van der Waals surface area contributed by atoms with Gasteiger partial charge in [0.05, 0.1) is 6.54 Å². The summed E-state index contributed by atoms with van der Waals surface area (Å²) in [4.78, 5) is 8.01. The Kier molecular flexibility index (Phi) is 2.70. The number of hydrogen-bond donors (Lipinski definition) is 1. The molecule has 1 N–H and O–H groups in total. The number of carbonyl (C=O) groups excluding carboxylic acids is 1. The first-order chi connectivity index (χ1) is 5.40.